The summed E-state index contributed by atoms with van der Waals surface area (Å²) in [5.41, 5.74) is 0.678. The number of anilines is 1. The minimum atomic E-state index is -0.243. The number of hydrogen-bond donors (Lipinski definition) is 1. The lowest BCUT2D eigenvalue weighted by Gasteiger charge is -2.05. The topological polar surface area (TPSA) is 38.3 Å². The van der Waals surface area contributed by atoms with Crippen molar-refractivity contribution >= 4 is 56.2 Å². The van der Waals surface area contributed by atoms with Gasteiger partial charge in [-0.25, -0.2) is 0 Å². The molecule has 1 aromatic heterocycles. The van der Waals surface area contributed by atoms with Crippen molar-refractivity contribution in [3.8, 4) is 5.75 Å². The Balaban J connectivity index is 1.89. The molecule has 1 heterocycles. The number of amides is 1. The predicted octanol–water partition coefficient (Wildman–Crippen LogP) is 5.47. The third kappa shape index (κ3) is 2.90. The van der Waals surface area contributed by atoms with Gasteiger partial charge in [0.25, 0.3) is 5.91 Å². The maximum atomic E-state index is 12.4. The van der Waals surface area contributed by atoms with E-state index < -0.39 is 0 Å². The summed E-state index contributed by atoms with van der Waals surface area (Å²) >= 11 is 13.6. The first kappa shape index (κ1) is 15.2. The summed E-state index contributed by atoms with van der Waals surface area (Å²) in [6.07, 6.45) is 0. The highest BCUT2D eigenvalue weighted by Gasteiger charge is 2.17. The first-order chi connectivity index (χ1) is 10.6. The summed E-state index contributed by atoms with van der Waals surface area (Å²) in [5.74, 6) is 0.486. The number of carbonyl (C=O) groups is 1. The first-order valence-corrected chi connectivity index (χ1v) is 7.98. The van der Waals surface area contributed by atoms with Crippen LogP contribution in [0.3, 0.4) is 0 Å². The largest absolute Gasteiger partial charge is 0.497 e. The van der Waals surface area contributed by atoms with Gasteiger partial charge in [-0.3, -0.25) is 4.79 Å². The zero-order chi connectivity index (χ0) is 15.7. The standard InChI is InChI=1S/C16H11Cl2NO2S/c1-21-11-5-3-10(4-6-11)19-16(20)15-14(18)12-7-2-9(17)8-13(12)22-15/h2-8H,1H3,(H,19,20). The average Bonchev–Trinajstić information content (AvgIpc) is 2.84. The van der Waals surface area contributed by atoms with Gasteiger partial charge < -0.3 is 10.1 Å². The van der Waals surface area contributed by atoms with Gasteiger partial charge in [-0.2, -0.15) is 0 Å². The van der Waals surface area contributed by atoms with E-state index in [4.69, 9.17) is 27.9 Å². The van der Waals surface area contributed by atoms with Gasteiger partial charge in [-0.1, -0.05) is 29.3 Å². The van der Waals surface area contributed by atoms with Gasteiger partial charge in [0.15, 0.2) is 0 Å². The zero-order valence-corrected chi connectivity index (χ0v) is 13.9. The van der Waals surface area contributed by atoms with Crippen molar-refractivity contribution in [2.75, 3.05) is 12.4 Å². The minimum absolute atomic E-state index is 0.243. The quantitative estimate of drug-likeness (QED) is 0.679. The number of carbonyl (C=O) groups excluding carboxylic acids is 1. The van der Waals surface area contributed by atoms with Gasteiger partial charge in [0, 0.05) is 20.8 Å². The third-order valence-corrected chi connectivity index (χ3v) is 5.04. The molecule has 0 unspecified atom stereocenters. The second-order valence-corrected chi connectivity index (χ2v) is 6.43. The molecule has 6 heteroatoms. The molecule has 1 N–H and O–H groups in total. The Morgan fingerprint density at radius 3 is 2.55 bits per heavy atom. The number of methoxy groups -OCH3 is 1. The second kappa shape index (κ2) is 6.16. The SMILES string of the molecule is COc1ccc(NC(=O)c2sc3cc(Cl)ccc3c2Cl)cc1. The van der Waals surface area contributed by atoms with E-state index in [1.165, 1.54) is 11.3 Å². The van der Waals surface area contributed by atoms with E-state index in [-0.39, 0.29) is 5.91 Å². The van der Waals surface area contributed by atoms with E-state index >= 15 is 0 Å². The van der Waals surface area contributed by atoms with Crippen LogP contribution in [0, 0.1) is 0 Å². The molecule has 2 aromatic carbocycles. The predicted molar refractivity (Wildman–Crippen MR) is 92.8 cm³/mol. The zero-order valence-electron chi connectivity index (χ0n) is 11.5. The molecule has 0 bridgehead atoms. The van der Waals surface area contributed by atoms with E-state index in [0.717, 1.165) is 15.8 Å². The Bertz CT molecular complexity index is 843. The van der Waals surface area contributed by atoms with Crippen molar-refractivity contribution in [3.05, 3.63) is 57.4 Å². The summed E-state index contributed by atoms with van der Waals surface area (Å²) in [7, 11) is 1.59. The van der Waals surface area contributed by atoms with Crippen LogP contribution in [0.5, 0.6) is 5.75 Å². The van der Waals surface area contributed by atoms with E-state index in [2.05, 4.69) is 5.32 Å². The summed E-state index contributed by atoms with van der Waals surface area (Å²) < 4.78 is 5.97. The fourth-order valence-electron chi connectivity index (χ4n) is 2.05. The molecule has 0 aliphatic rings. The van der Waals surface area contributed by atoms with E-state index in [9.17, 15) is 4.79 Å². The second-order valence-electron chi connectivity index (χ2n) is 4.57. The van der Waals surface area contributed by atoms with Crippen LogP contribution >= 0.6 is 34.5 Å². The highest BCUT2D eigenvalue weighted by atomic mass is 35.5. The van der Waals surface area contributed by atoms with Crippen LogP contribution in [0.2, 0.25) is 10.0 Å². The van der Waals surface area contributed by atoms with Gasteiger partial charge in [-0.15, -0.1) is 11.3 Å². The summed E-state index contributed by atoms with van der Waals surface area (Å²) in [4.78, 5) is 12.9. The Hall–Kier alpha value is -1.75. The number of ether oxygens (including phenoxy) is 1. The monoisotopic (exact) mass is 351 g/mol. The van der Waals surface area contributed by atoms with Crippen molar-refractivity contribution in [2.45, 2.75) is 0 Å². The minimum Gasteiger partial charge on any atom is -0.497 e. The molecule has 3 rings (SSSR count). The van der Waals surface area contributed by atoms with Gasteiger partial charge in [0.2, 0.25) is 0 Å². The molecular weight excluding hydrogens is 341 g/mol. The van der Waals surface area contributed by atoms with Crippen molar-refractivity contribution in [1.29, 1.82) is 0 Å². The van der Waals surface area contributed by atoms with Gasteiger partial charge in [0.1, 0.15) is 10.6 Å². The number of hydrogen-bond acceptors (Lipinski definition) is 3. The van der Waals surface area contributed by atoms with Gasteiger partial charge >= 0.3 is 0 Å². The van der Waals surface area contributed by atoms with Crippen LogP contribution in [0.4, 0.5) is 5.69 Å². The molecule has 0 atom stereocenters. The molecule has 0 aliphatic carbocycles. The number of benzene rings is 2. The average molecular weight is 352 g/mol. The van der Waals surface area contributed by atoms with E-state index in [1.54, 1.807) is 43.5 Å². The van der Waals surface area contributed by atoms with Crippen LogP contribution in [-0.2, 0) is 0 Å². The van der Waals surface area contributed by atoms with Crippen molar-refractivity contribution in [2.24, 2.45) is 0 Å². The lowest BCUT2D eigenvalue weighted by atomic mass is 10.2. The Morgan fingerprint density at radius 1 is 1.14 bits per heavy atom. The van der Waals surface area contributed by atoms with Crippen LogP contribution in [0.1, 0.15) is 9.67 Å². The molecule has 0 saturated carbocycles. The van der Waals surface area contributed by atoms with Crippen LogP contribution in [0.15, 0.2) is 42.5 Å². The lowest BCUT2D eigenvalue weighted by molar-refractivity contribution is 0.103. The smallest absolute Gasteiger partial charge is 0.267 e. The number of halogens is 2. The Morgan fingerprint density at radius 2 is 1.86 bits per heavy atom. The van der Waals surface area contributed by atoms with Crippen LogP contribution in [0.25, 0.3) is 10.1 Å². The number of fused-ring (bicyclic) bond motifs is 1. The molecule has 0 spiro atoms. The highest BCUT2D eigenvalue weighted by Crippen LogP contribution is 2.37. The maximum Gasteiger partial charge on any atom is 0.267 e. The Kier molecular flexibility index (Phi) is 4.25. The van der Waals surface area contributed by atoms with E-state index in [0.29, 0.717) is 20.6 Å². The van der Waals surface area contributed by atoms with Crippen LogP contribution < -0.4 is 10.1 Å². The van der Waals surface area contributed by atoms with Crippen molar-refractivity contribution in [1.82, 2.24) is 0 Å². The molecule has 112 valence electrons. The number of nitrogens with one attached hydrogen (secondary N) is 1. The maximum absolute atomic E-state index is 12.4. The fourth-order valence-corrected chi connectivity index (χ4v) is 3.74. The van der Waals surface area contributed by atoms with E-state index in [1.807, 2.05) is 6.07 Å². The van der Waals surface area contributed by atoms with Crippen molar-refractivity contribution in [3.63, 3.8) is 0 Å². The molecular formula is C16H11Cl2NO2S. The highest BCUT2D eigenvalue weighted by molar-refractivity contribution is 7.21. The molecule has 0 saturated heterocycles. The fraction of sp³-hybridized carbons (Fsp3) is 0.0625. The molecule has 0 aliphatic heterocycles. The third-order valence-electron chi connectivity index (χ3n) is 3.15. The molecule has 3 nitrogen and oxygen atoms in total. The number of rotatable bonds is 3. The summed E-state index contributed by atoms with van der Waals surface area (Å²) in [6.45, 7) is 0. The molecule has 0 fully saturated rings. The molecule has 3 aromatic rings. The summed E-state index contributed by atoms with van der Waals surface area (Å²) in [5, 5.41) is 4.72. The van der Waals surface area contributed by atoms with Gasteiger partial charge in [0.05, 0.1) is 12.1 Å². The molecule has 22 heavy (non-hydrogen) atoms. The molecule has 0 radical (unpaired) electrons. The summed E-state index contributed by atoms with van der Waals surface area (Å²) in [6, 6.07) is 12.5. The molecule has 1 amide bonds. The first-order valence-electron chi connectivity index (χ1n) is 6.41. The van der Waals surface area contributed by atoms with Gasteiger partial charge in [-0.05, 0) is 36.4 Å². The van der Waals surface area contributed by atoms with Crippen LogP contribution in [-0.4, -0.2) is 13.0 Å². The Labute approximate surface area is 141 Å². The normalized spacial score (nSPS) is 10.7. The van der Waals surface area contributed by atoms with Crippen molar-refractivity contribution < 1.29 is 9.53 Å². The lowest BCUT2D eigenvalue weighted by Crippen LogP contribution is -2.10. The number of thiophene rings is 1.